The number of carbonyl (C=O) groups is 1. The van der Waals surface area contributed by atoms with E-state index in [1.54, 1.807) is 0 Å². The van der Waals surface area contributed by atoms with Gasteiger partial charge >= 0.3 is 6.03 Å². The van der Waals surface area contributed by atoms with Crippen LogP contribution in [0.2, 0.25) is 5.02 Å². The van der Waals surface area contributed by atoms with E-state index in [-0.39, 0.29) is 18.7 Å². The summed E-state index contributed by atoms with van der Waals surface area (Å²) in [5.74, 6) is 0.374. The molecule has 3 N–H and O–H groups in total. The molecular formula is C17H26ClN3O2. The Morgan fingerprint density at radius 3 is 2.48 bits per heavy atom. The summed E-state index contributed by atoms with van der Waals surface area (Å²) in [6, 6.07) is 7.45. The number of aliphatic hydroxyl groups excluding tert-OH is 1. The van der Waals surface area contributed by atoms with Gasteiger partial charge in [0.05, 0.1) is 18.2 Å². The lowest BCUT2D eigenvalue weighted by Gasteiger charge is -2.30. The van der Waals surface area contributed by atoms with Crippen molar-refractivity contribution in [1.29, 1.82) is 0 Å². The molecule has 2 rings (SSSR count). The fourth-order valence-electron chi connectivity index (χ4n) is 2.77. The third-order valence-corrected chi connectivity index (χ3v) is 4.79. The molecule has 23 heavy (non-hydrogen) atoms. The second kappa shape index (κ2) is 7.51. The van der Waals surface area contributed by atoms with E-state index in [0.29, 0.717) is 17.5 Å². The minimum absolute atomic E-state index is 0.0423. The number of halogens is 1. The van der Waals surface area contributed by atoms with E-state index in [9.17, 15) is 9.90 Å². The van der Waals surface area contributed by atoms with E-state index >= 15 is 0 Å². The third kappa shape index (κ3) is 4.83. The Labute approximate surface area is 143 Å². The van der Waals surface area contributed by atoms with Gasteiger partial charge in [0.15, 0.2) is 0 Å². The molecule has 1 fully saturated rings. The second-order valence-corrected chi connectivity index (χ2v) is 7.15. The van der Waals surface area contributed by atoms with Crippen molar-refractivity contribution in [3.8, 4) is 0 Å². The van der Waals surface area contributed by atoms with Gasteiger partial charge in [0.1, 0.15) is 0 Å². The monoisotopic (exact) mass is 339 g/mol. The van der Waals surface area contributed by atoms with Crippen molar-refractivity contribution >= 4 is 17.6 Å². The summed E-state index contributed by atoms with van der Waals surface area (Å²) in [4.78, 5) is 14.2. The van der Waals surface area contributed by atoms with E-state index < -0.39 is 5.54 Å². The Hall–Kier alpha value is -1.30. The number of urea groups is 1. The lowest BCUT2D eigenvalue weighted by molar-refractivity contribution is 0.154. The SMILES string of the molecule is CN(C)[C@@H](CNC(=O)N[C@](C)(CO)C1CC1)c1ccc(Cl)cc1. The lowest BCUT2D eigenvalue weighted by Crippen LogP contribution is -2.54. The summed E-state index contributed by atoms with van der Waals surface area (Å²) < 4.78 is 0. The summed E-state index contributed by atoms with van der Waals surface area (Å²) >= 11 is 5.93. The van der Waals surface area contributed by atoms with Crippen LogP contribution in [0, 0.1) is 5.92 Å². The first-order valence-corrected chi connectivity index (χ1v) is 8.32. The van der Waals surface area contributed by atoms with Crippen LogP contribution in [0.25, 0.3) is 0 Å². The van der Waals surface area contributed by atoms with Gasteiger partial charge < -0.3 is 20.6 Å². The van der Waals surface area contributed by atoms with Gasteiger partial charge in [-0.1, -0.05) is 23.7 Å². The molecule has 0 bridgehead atoms. The van der Waals surface area contributed by atoms with Gasteiger partial charge in [-0.05, 0) is 57.5 Å². The number of nitrogens with zero attached hydrogens (tertiary/aromatic N) is 1. The van der Waals surface area contributed by atoms with Crippen LogP contribution >= 0.6 is 11.6 Å². The number of nitrogens with one attached hydrogen (secondary N) is 2. The Morgan fingerprint density at radius 1 is 1.39 bits per heavy atom. The molecule has 1 saturated carbocycles. The molecule has 1 aliphatic carbocycles. The van der Waals surface area contributed by atoms with Gasteiger partial charge in [0, 0.05) is 11.6 Å². The predicted molar refractivity (Wildman–Crippen MR) is 92.6 cm³/mol. The number of amides is 2. The molecular weight excluding hydrogens is 314 g/mol. The fraction of sp³-hybridized carbons (Fsp3) is 0.588. The molecule has 1 aliphatic rings. The summed E-state index contributed by atoms with van der Waals surface area (Å²) in [5, 5.41) is 16.1. The molecule has 0 aromatic heterocycles. The van der Waals surface area contributed by atoms with Crippen molar-refractivity contribution in [2.75, 3.05) is 27.2 Å². The number of benzene rings is 1. The van der Waals surface area contributed by atoms with Crippen LogP contribution < -0.4 is 10.6 Å². The highest BCUT2D eigenvalue weighted by molar-refractivity contribution is 6.30. The first kappa shape index (κ1) is 18.0. The third-order valence-electron chi connectivity index (χ3n) is 4.54. The van der Waals surface area contributed by atoms with Crippen LogP contribution in [0.15, 0.2) is 24.3 Å². The standard InChI is InChI=1S/C17H26ClN3O2/c1-17(11-22,13-6-7-13)20-16(23)19-10-15(21(2)3)12-4-8-14(18)9-5-12/h4-5,8-9,13,15,22H,6-7,10-11H2,1-3H3,(H2,19,20,23)/t15-,17+/m0/s1. The molecule has 0 aliphatic heterocycles. The number of rotatable bonds is 7. The van der Waals surface area contributed by atoms with Crippen molar-refractivity contribution in [3.63, 3.8) is 0 Å². The highest BCUT2D eigenvalue weighted by atomic mass is 35.5. The van der Waals surface area contributed by atoms with Gasteiger partial charge in [0.25, 0.3) is 0 Å². The highest BCUT2D eigenvalue weighted by Crippen LogP contribution is 2.39. The summed E-state index contributed by atoms with van der Waals surface area (Å²) in [6.45, 7) is 2.33. The predicted octanol–water partition coefficient (Wildman–Crippen LogP) is 2.40. The topological polar surface area (TPSA) is 64.6 Å². The first-order chi connectivity index (χ1) is 10.9. The quantitative estimate of drug-likeness (QED) is 0.714. The van der Waals surface area contributed by atoms with Crippen molar-refractivity contribution in [2.24, 2.45) is 5.92 Å². The van der Waals surface area contributed by atoms with Gasteiger partial charge in [-0.2, -0.15) is 0 Å². The average molecular weight is 340 g/mol. The van der Waals surface area contributed by atoms with Crippen LogP contribution in [0.4, 0.5) is 4.79 Å². The zero-order valence-electron chi connectivity index (χ0n) is 14.0. The molecule has 0 spiro atoms. The summed E-state index contributed by atoms with van der Waals surface area (Å²) in [7, 11) is 3.95. The molecule has 1 aromatic rings. The van der Waals surface area contributed by atoms with Crippen LogP contribution in [0.5, 0.6) is 0 Å². The number of carbonyl (C=O) groups excluding carboxylic acids is 1. The summed E-state index contributed by atoms with van der Waals surface area (Å²) in [6.07, 6.45) is 2.12. The zero-order valence-corrected chi connectivity index (χ0v) is 14.7. The van der Waals surface area contributed by atoms with Crippen molar-refractivity contribution in [2.45, 2.75) is 31.3 Å². The zero-order chi connectivity index (χ0) is 17.0. The lowest BCUT2D eigenvalue weighted by atomic mass is 9.97. The molecule has 0 heterocycles. The Morgan fingerprint density at radius 2 is 2.00 bits per heavy atom. The van der Waals surface area contributed by atoms with Gasteiger partial charge in [-0.15, -0.1) is 0 Å². The molecule has 0 unspecified atom stereocenters. The van der Waals surface area contributed by atoms with Crippen molar-refractivity contribution in [1.82, 2.24) is 15.5 Å². The minimum Gasteiger partial charge on any atom is -0.394 e. The van der Waals surface area contributed by atoms with Crippen LogP contribution in [0.3, 0.4) is 0 Å². The van der Waals surface area contributed by atoms with Gasteiger partial charge in [-0.25, -0.2) is 4.79 Å². The maximum atomic E-state index is 12.2. The average Bonchev–Trinajstić information content (AvgIpc) is 3.34. The first-order valence-electron chi connectivity index (χ1n) is 7.94. The minimum atomic E-state index is -0.530. The number of hydrogen-bond acceptors (Lipinski definition) is 3. The number of hydrogen-bond donors (Lipinski definition) is 3. The normalized spacial score (nSPS) is 18.3. The molecule has 0 saturated heterocycles. The smallest absolute Gasteiger partial charge is 0.315 e. The van der Waals surface area contributed by atoms with E-state index in [4.69, 9.17) is 11.6 Å². The van der Waals surface area contributed by atoms with E-state index in [2.05, 4.69) is 15.5 Å². The van der Waals surface area contributed by atoms with Crippen LogP contribution in [-0.4, -0.2) is 48.8 Å². The van der Waals surface area contributed by atoms with E-state index in [1.165, 1.54) is 0 Å². The summed E-state index contributed by atoms with van der Waals surface area (Å²) in [5.41, 5.74) is 0.560. The van der Waals surface area contributed by atoms with E-state index in [0.717, 1.165) is 18.4 Å². The molecule has 128 valence electrons. The van der Waals surface area contributed by atoms with Crippen LogP contribution in [-0.2, 0) is 0 Å². The number of aliphatic hydroxyl groups is 1. The number of likely N-dealkylation sites (N-methyl/N-ethyl adjacent to an activating group) is 1. The molecule has 2 atom stereocenters. The Kier molecular flexibility index (Phi) is 5.89. The van der Waals surface area contributed by atoms with Crippen LogP contribution in [0.1, 0.15) is 31.4 Å². The van der Waals surface area contributed by atoms with Crippen molar-refractivity contribution in [3.05, 3.63) is 34.9 Å². The molecule has 1 aromatic carbocycles. The maximum absolute atomic E-state index is 12.2. The largest absolute Gasteiger partial charge is 0.394 e. The van der Waals surface area contributed by atoms with Gasteiger partial charge in [-0.3, -0.25) is 0 Å². The maximum Gasteiger partial charge on any atom is 0.315 e. The Bertz CT molecular complexity index is 531. The van der Waals surface area contributed by atoms with Gasteiger partial charge in [0.2, 0.25) is 0 Å². The Balaban J connectivity index is 1.93. The highest BCUT2D eigenvalue weighted by Gasteiger charge is 2.42. The van der Waals surface area contributed by atoms with E-state index in [1.807, 2.05) is 45.3 Å². The molecule has 0 radical (unpaired) electrons. The molecule has 5 nitrogen and oxygen atoms in total. The van der Waals surface area contributed by atoms with Crippen molar-refractivity contribution < 1.29 is 9.90 Å². The fourth-order valence-corrected chi connectivity index (χ4v) is 2.89. The molecule has 6 heteroatoms. The second-order valence-electron chi connectivity index (χ2n) is 6.72. The molecule has 2 amide bonds.